The predicted octanol–water partition coefficient (Wildman–Crippen LogP) is 5.06. The molecule has 0 aliphatic carbocycles. The van der Waals surface area contributed by atoms with Gasteiger partial charge in [0.1, 0.15) is 0 Å². The molecule has 0 fully saturated rings. The molecule has 3 rings (SSSR count). The molecule has 0 radical (unpaired) electrons. The van der Waals surface area contributed by atoms with E-state index < -0.39 is 0 Å². The van der Waals surface area contributed by atoms with Crippen molar-refractivity contribution in [2.75, 3.05) is 42.9 Å². The van der Waals surface area contributed by atoms with Gasteiger partial charge < -0.3 is 15.5 Å². The van der Waals surface area contributed by atoms with E-state index in [0.717, 1.165) is 52.0 Å². The van der Waals surface area contributed by atoms with E-state index in [4.69, 9.17) is 11.6 Å². The second-order valence-corrected chi connectivity index (χ2v) is 8.39. The lowest BCUT2D eigenvalue weighted by Crippen LogP contribution is -2.32. The Morgan fingerprint density at radius 1 is 1.03 bits per heavy atom. The average molecular weight is 457 g/mol. The molecule has 1 heterocycles. The number of nitrogens with one attached hydrogen (secondary N) is 2. The van der Waals surface area contributed by atoms with Crippen molar-refractivity contribution in [1.82, 2.24) is 10.2 Å². The van der Waals surface area contributed by atoms with E-state index in [-0.39, 0.29) is 11.8 Å². The van der Waals surface area contributed by atoms with Gasteiger partial charge in [0.05, 0.1) is 22.6 Å². The highest BCUT2D eigenvalue weighted by atomic mass is 35.5. The number of anilines is 3. The van der Waals surface area contributed by atoms with Crippen LogP contribution in [0.4, 0.5) is 17.1 Å². The SMILES string of the molecule is CCN(CC)CCNCCCCCC(=O)N1c2ccc(Cl)cc2NC(=O)c2ccccc21. The lowest BCUT2D eigenvalue weighted by atomic mass is 10.1. The Bertz CT molecular complexity index is 930. The molecule has 0 unspecified atom stereocenters. The van der Waals surface area contributed by atoms with Crippen LogP contribution in [0.5, 0.6) is 0 Å². The maximum atomic E-state index is 13.3. The van der Waals surface area contributed by atoms with Crippen LogP contribution >= 0.6 is 11.6 Å². The normalized spacial score (nSPS) is 12.9. The number of likely N-dealkylation sites (N-methyl/N-ethyl adjacent to an activating group) is 1. The van der Waals surface area contributed by atoms with Gasteiger partial charge in [-0.05, 0) is 62.8 Å². The van der Waals surface area contributed by atoms with E-state index in [1.54, 1.807) is 35.2 Å². The number of nitrogens with zero attached hydrogens (tertiary/aromatic N) is 2. The molecule has 6 nitrogen and oxygen atoms in total. The number of benzene rings is 2. The number of carbonyl (C=O) groups excluding carboxylic acids is 2. The molecule has 0 bridgehead atoms. The van der Waals surface area contributed by atoms with Crippen LogP contribution in [0.1, 0.15) is 49.9 Å². The number of unbranched alkanes of at least 4 members (excludes halogenated alkanes) is 2. The molecule has 32 heavy (non-hydrogen) atoms. The molecule has 1 aliphatic rings. The standard InChI is InChI=1S/C25H33ClN4O2/c1-3-29(4-2)17-16-27-15-9-5-6-12-24(31)30-22-11-8-7-10-20(22)25(32)28-21-18-19(26)13-14-23(21)30/h7-8,10-11,13-14,18,27H,3-6,9,12,15-17H2,1-2H3,(H,28,32). The lowest BCUT2D eigenvalue weighted by Gasteiger charge is -2.24. The minimum atomic E-state index is -0.241. The molecule has 0 spiro atoms. The van der Waals surface area contributed by atoms with Crippen molar-refractivity contribution >= 4 is 40.5 Å². The smallest absolute Gasteiger partial charge is 0.257 e. The van der Waals surface area contributed by atoms with E-state index in [1.165, 1.54) is 0 Å². The van der Waals surface area contributed by atoms with E-state index in [2.05, 4.69) is 29.4 Å². The van der Waals surface area contributed by atoms with Crippen molar-refractivity contribution in [3.63, 3.8) is 0 Å². The molecule has 2 aromatic carbocycles. The number of carbonyl (C=O) groups is 2. The zero-order chi connectivity index (χ0) is 22.9. The Kier molecular flexibility index (Phi) is 9.09. The fourth-order valence-corrected chi connectivity index (χ4v) is 4.14. The lowest BCUT2D eigenvalue weighted by molar-refractivity contribution is -0.118. The minimum absolute atomic E-state index is 0.0213. The van der Waals surface area contributed by atoms with Gasteiger partial charge in [0.15, 0.2) is 0 Å². The Morgan fingerprint density at radius 3 is 2.59 bits per heavy atom. The number of amides is 2. The van der Waals surface area contributed by atoms with Gasteiger partial charge in [-0.2, -0.15) is 0 Å². The van der Waals surface area contributed by atoms with E-state index in [9.17, 15) is 9.59 Å². The van der Waals surface area contributed by atoms with Gasteiger partial charge in [-0.15, -0.1) is 0 Å². The summed E-state index contributed by atoms with van der Waals surface area (Å²) in [5, 5.41) is 6.88. The molecule has 0 saturated heterocycles. The number of rotatable bonds is 11. The van der Waals surface area contributed by atoms with Crippen molar-refractivity contribution in [1.29, 1.82) is 0 Å². The minimum Gasteiger partial charge on any atom is -0.320 e. The highest BCUT2D eigenvalue weighted by Gasteiger charge is 2.28. The quantitative estimate of drug-likeness (QED) is 0.464. The Labute approximate surface area is 195 Å². The fraction of sp³-hybridized carbons (Fsp3) is 0.440. The van der Waals surface area contributed by atoms with Crippen LogP contribution in [-0.2, 0) is 4.79 Å². The van der Waals surface area contributed by atoms with Gasteiger partial charge in [-0.3, -0.25) is 14.5 Å². The largest absolute Gasteiger partial charge is 0.320 e. The van der Waals surface area contributed by atoms with E-state index in [1.807, 2.05) is 12.1 Å². The first-order chi connectivity index (χ1) is 15.5. The third-order valence-electron chi connectivity index (χ3n) is 5.83. The molecular formula is C25H33ClN4O2. The van der Waals surface area contributed by atoms with Crippen molar-refractivity contribution < 1.29 is 9.59 Å². The summed E-state index contributed by atoms with van der Waals surface area (Å²) in [6.07, 6.45) is 3.24. The zero-order valence-electron chi connectivity index (χ0n) is 19.0. The summed E-state index contributed by atoms with van der Waals surface area (Å²) in [4.78, 5) is 30.0. The first-order valence-electron chi connectivity index (χ1n) is 11.5. The monoisotopic (exact) mass is 456 g/mol. The molecule has 2 aromatic rings. The first-order valence-corrected chi connectivity index (χ1v) is 11.9. The molecule has 2 N–H and O–H groups in total. The number of hydrogen-bond acceptors (Lipinski definition) is 4. The van der Waals surface area contributed by atoms with Crippen LogP contribution in [0, 0.1) is 0 Å². The Morgan fingerprint density at radius 2 is 1.81 bits per heavy atom. The molecule has 7 heteroatoms. The maximum Gasteiger partial charge on any atom is 0.257 e. The van der Waals surface area contributed by atoms with Crippen LogP contribution in [0.2, 0.25) is 5.02 Å². The van der Waals surface area contributed by atoms with Crippen LogP contribution in [-0.4, -0.2) is 49.4 Å². The topological polar surface area (TPSA) is 64.7 Å². The summed E-state index contributed by atoms with van der Waals surface area (Å²) in [7, 11) is 0. The van der Waals surface area contributed by atoms with Crippen molar-refractivity contribution in [2.24, 2.45) is 0 Å². The van der Waals surface area contributed by atoms with Gasteiger partial charge in [0.25, 0.3) is 5.91 Å². The number of halogens is 1. The van der Waals surface area contributed by atoms with Crippen molar-refractivity contribution in [2.45, 2.75) is 39.5 Å². The molecule has 0 saturated carbocycles. The summed E-state index contributed by atoms with van der Waals surface area (Å²) in [6.45, 7) is 9.54. The first kappa shape index (κ1) is 24.2. The average Bonchev–Trinajstić information content (AvgIpc) is 2.91. The molecule has 2 amide bonds. The second-order valence-electron chi connectivity index (χ2n) is 7.95. The van der Waals surface area contributed by atoms with Gasteiger partial charge in [0, 0.05) is 24.5 Å². The highest BCUT2D eigenvalue weighted by molar-refractivity contribution is 6.31. The third kappa shape index (κ3) is 6.09. The molecule has 172 valence electrons. The van der Waals surface area contributed by atoms with E-state index in [0.29, 0.717) is 34.1 Å². The van der Waals surface area contributed by atoms with E-state index >= 15 is 0 Å². The van der Waals surface area contributed by atoms with Crippen LogP contribution in [0.3, 0.4) is 0 Å². The second kappa shape index (κ2) is 12.0. The number of hydrogen-bond donors (Lipinski definition) is 2. The molecule has 0 aromatic heterocycles. The molecular weight excluding hydrogens is 424 g/mol. The van der Waals surface area contributed by atoms with Gasteiger partial charge in [0.2, 0.25) is 5.91 Å². The summed E-state index contributed by atoms with van der Waals surface area (Å²) in [5.74, 6) is -0.262. The fourth-order valence-electron chi connectivity index (χ4n) is 3.97. The highest BCUT2D eigenvalue weighted by Crippen LogP contribution is 2.39. The summed E-state index contributed by atoms with van der Waals surface area (Å²) in [5.41, 5.74) is 2.28. The van der Waals surface area contributed by atoms with Crippen LogP contribution in [0.15, 0.2) is 42.5 Å². The summed E-state index contributed by atoms with van der Waals surface area (Å²) in [6, 6.07) is 12.4. The zero-order valence-corrected chi connectivity index (χ0v) is 19.8. The van der Waals surface area contributed by atoms with Gasteiger partial charge in [-0.1, -0.05) is 44.0 Å². The summed E-state index contributed by atoms with van der Waals surface area (Å²) < 4.78 is 0. The van der Waals surface area contributed by atoms with Crippen LogP contribution < -0.4 is 15.5 Å². The number of para-hydroxylation sites is 1. The van der Waals surface area contributed by atoms with Crippen LogP contribution in [0.25, 0.3) is 0 Å². The maximum absolute atomic E-state index is 13.3. The summed E-state index contributed by atoms with van der Waals surface area (Å²) >= 11 is 6.14. The Balaban J connectivity index is 1.58. The van der Waals surface area contributed by atoms with Gasteiger partial charge >= 0.3 is 0 Å². The predicted molar refractivity (Wildman–Crippen MR) is 132 cm³/mol. The molecule has 0 atom stereocenters. The van der Waals surface area contributed by atoms with Gasteiger partial charge in [-0.25, -0.2) is 0 Å². The molecule has 1 aliphatic heterocycles. The Hall–Kier alpha value is -2.41. The number of fused-ring (bicyclic) bond motifs is 2. The van der Waals surface area contributed by atoms with Crippen molar-refractivity contribution in [3.05, 3.63) is 53.1 Å². The van der Waals surface area contributed by atoms with Crippen molar-refractivity contribution in [3.8, 4) is 0 Å². The third-order valence-corrected chi connectivity index (χ3v) is 6.07.